The van der Waals surface area contributed by atoms with Crippen molar-refractivity contribution >= 4 is 45.1 Å². The summed E-state index contributed by atoms with van der Waals surface area (Å²) in [5, 5.41) is 26.6. The number of methoxy groups -OCH3 is 1. The SMILES string of the molecule is CCCCCCn1nnc(-c2cc(NC(=O)c3ccc(-c4ccc(CS(=O)c5cccc6cccc(C(=O)O)c56)cc4)cc3)ccc2C(=O)OC)n1. The highest BCUT2D eigenvalue weighted by molar-refractivity contribution is 7.84. The van der Waals surface area contributed by atoms with Crippen LogP contribution in [-0.4, -0.2) is 54.5 Å². The zero-order chi connectivity index (χ0) is 36.6. The monoisotopic (exact) mass is 715 g/mol. The number of hydrogen-bond donors (Lipinski definition) is 2. The minimum atomic E-state index is -1.47. The Morgan fingerprint density at radius 1 is 0.846 bits per heavy atom. The topological polar surface area (TPSA) is 153 Å². The number of aromatic carboxylic acids is 1. The molecule has 6 aromatic rings. The van der Waals surface area contributed by atoms with Gasteiger partial charge in [-0.3, -0.25) is 9.00 Å². The van der Waals surface area contributed by atoms with Gasteiger partial charge in [-0.15, -0.1) is 10.2 Å². The van der Waals surface area contributed by atoms with Crippen molar-refractivity contribution in [1.29, 1.82) is 0 Å². The van der Waals surface area contributed by atoms with Gasteiger partial charge in [0.05, 0.1) is 41.3 Å². The van der Waals surface area contributed by atoms with E-state index in [0.29, 0.717) is 33.6 Å². The molecule has 52 heavy (non-hydrogen) atoms. The fourth-order valence-electron chi connectivity index (χ4n) is 5.94. The number of ether oxygens (including phenoxy) is 1. The molecule has 1 heterocycles. The van der Waals surface area contributed by atoms with Gasteiger partial charge in [-0.1, -0.05) is 86.8 Å². The van der Waals surface area contributed by atoms with Gasteiger partial charge < -0.3 is 15.2 Å². The van der Waals surface area contributed by atoms with Gasteiger partial charge in [-0.05, 0) is 76.2 Å². The highest BCUT2D eigenvalue weighted by atomic mass is 32.2. The molecule has 0 fully saturated rings. The summed E-state index contributed by atoms with van der Waals surface area (Å²) < 4.78 is 18.4. The van der Waals surface area contributed by atoms with Crippen molar-refractivity contribution in [2.45, 2.75) is 49.8 Å². The molecule has 0 aliphatic rings. The van der Waals surface area contributed by atoms with E-state index in [1.165, 1.54) is 18.0 Å². The number of carboxylic acid groups (broad SMARTS) is 1. The number of carbonyl (C=O) groups excluding carboxylic acids is 2. The van der Waals surface area contributed by atoms with E-state index < -0.39 is 22.7 Å². The van der Waals surface area contributed by atoms with Crippen LogP contribution in [-0.2, 0) is 27.8 Å². The average molecular weight is 716 g/mol. The van der Waals surface area contributed by atoms with Gasteiger partial charge in [0.2, 0.25) is 5.82 Å². The number of rotatable bonds is 14. The first-order valence-electron chi connectivity index (χ1n) is 16.9. The van der Waals surface area contributed by atoms with Gasteiger partial charge >= 0.3 is 11.9 Å². The number of tetrazole rings is 1. The van der Waals surface area contributed by atoms with Crippen LogP contribution in [0.1, 0.15) is 69.2 Å². The number of amides is 1. The molecular weight excluding hydrogens is 679 g/mol. The van der Waals surface area contributed by atoms with Gasteiger partial charge in [0, 0.05) is 27.1 Å². The zero-order valence-electron chi connectivity index (χ0n) is 28.7. The first kappa shape index (κ1) is 35.8. The molecule has 1 unspecified atom stereocenters. The van der Waals surface area contributed by atoms with Gasteiger partial charge in [0.25, 0.3) is 5.91 Å². The number of esters is 1. The normalized spacial score (nSPS) is 11.7. The van der Waals surface area contributed by atoms with Crippen LogP contribution in [0.25, 0.3) is 33.3 Å². The van der Waals surface area contributed by atoms with Crippen molar-refractivity contribution in [1.82, 2.24) is 20.2 Å². The minimum absolute atomic E-state index is 0.126. The number of carbonyl (C=O) groups is 3. The molecule has 0 aliphatic carbocycles. The van der Waals surface area contributed by atoms with E-state index >= 15 is 0 Å². The molecule has 0 bridgehead atoms. The van der Waals surface area contributed by atoms with Crippen LogP contribution in [0.4, 0.5) is 5.69 Å². The van der Waals surface area contributed by atoms with Gasteiger partial charge in [-0.2, -0.15) is 4.80 Å². The second-order valence-corrected chi connectivity index (χ2v) is 13.6. The third kappa shape index (κ3) is 8.13. The van der Waals surface area contributed by atoms with E-state index in [2.05, 4.69) is 27.7 Å². The Morgan fingerprint density at radius 2 is 1.56 bits per heavy atom. The number of nitrogens with zero attached hydrogens (tertiary/aromatic N) is 4. The number of nitrogens with one attached hydrogen (secondary N) is 1. The molecule has 0 aliphatic heterocycles. The second-order valence-electron chi connectivity index (χ2n) is 12.2. The average Bonchev–Trinajstić information content (AvgIpc) is 3.65. The quantitative estimate of drug-likeness (QED) is 0.0850. The molecule has 5 aromatic carbocycles. The predicted octanol–water partition coefficient (Wildman–Crippen LogP) is 7.79. The Morgan fingerprint density at radius 3 is 2.25 bits per heavy atom. The Bertz CT molecular complexity index is 2260. The summed E-state index contributed by atoms with van der Waals surface area (Å²) in [5.41, 5.74) is 4.30. The number of anilines is 1. The fraction of sp³-hybridized carbons (Fsp3) is 0.200. The maximum Gasteiger partial charge on any atom is 0.338 e. The fourth-order valence-corrected chi connectivity index (χ4v) is 7.27. The summed E-state index contributed by atoms with van der Waals surface area (Å²) >= 11 is 0. The van der Waals surface area contributed by atoms with Crippen molar-refractivity contribution in [2.75, 3.05) is 12.4 Å². The van der Waals surface area contributed by atoms with Crippen molar-refractivity contribution in [3.63, 3.8) is 0 Å². The first-order chi connectivity index (χ1) is 25.2. The van der Waals surface area contributed by atoms with Crippen LogP contribution in [0.3, 0.4) is 0 Å². The minimum Gasteiger partial charge on any atom is -0.478 e. The third-order valence-electron chi connectivity index (χ3n) is 8.66. The standard InChI is InChI=1S/C40H37N5O6S/c1-3-4-5-6-23-45-43-37(42-44-45)34-24-31(21-22-32(34)40(49)51-2)41-38(46)30-19-17-28(18-20-30)27-15-13-26(14-16-27)25-52(50)35-12-8-10-29-9-7-11-33(36(29)35)39(47)48/h7-22,24H,3-6,23,25H2,1-2H3,(H,41,46)(H,47,48). The van der Waals surface area contributed by atoms with Crippen LogP contribution < -0.4 is 5.32 Å². The van der Waals surface area contributed by atoms with E-state index in [1.54, 1.807) is 48.5 Å². The van der Waals surface area contributed by atoms with Crippen LogP contribution in [0.5, 0.6) is 0 Å². The third-order valence-corrected chi connectivity index (χ3v) is 10.1. The highest BCUT2D eigenvalue weighted by Gasteiger charge is 2.20. The molecule has 6 rings (SSSR count). The van der Waals surface area contributed by atoms with Crippen molar-refractivity contribution in [3.8, 4) is 22.5 Å². The smallest absolute Gasteiger partial charge is 0.338 e. The molecule has 0 radical (unpaired) electrons. The lowest BCUT2D eigenvalue weighted by Gasteiger charge is -2.11. The number of aromatic nitrogens is 4. The molecule has 0 saturated heterocycles. The summed E-state index contributed by atoms with van der Waals surface area (Å²) in [7, 11) is -0.174. The van der Waals surface area contributed by atoms with E-state index in [4.69, 9.17) is 4.74 Å². The molecule has 1 amide bonds. The molecule has 1 aromatic heterocycles. The summed E-state index contributed by atoms with van der Waals surface area (Å²) in [6.07, 6.45) is 4.23. The number of carboxylic acids is 1. The molecule has 0 spiro atoms. The van der Waals surface area contributed by atoms with E-state index in [1.807, 2.05) is 48.5 Å². The maximum absolute atomic E-state index is 13.4. The van der Waals surface area contributed by atoms with E-state index in [9.17, 15) is 23.7 Å². The number of benzene rings is 5. The Labute approximate surface area is 303 Å². The largest absolute Gasteiger partial charge is 0.478 e. The number of fused-ring (bicyclic) bond motifs is 1. The van der Waals surface area contributed by atoms with Crippen LogP contribution in [0, 0.1) is 0 Å². The molecule has 12 heteroatoms. The number of unbranched alkanes of at least 4 members (excludes halogenated alkanes) is 3. The predicted molar refractivity (Wildman–Crippen MR) is 200 cm³/mol. The Balaban J connectivity index is 1.13. The van der Waals surface area contributed by atoms with Gasteiger partial charge in [-0.25, -0.2) is 9.59 Å². The van der Waals surface area contributed by atoms with Crippen molar-refractivity contribution < 1.29 is 28.4 Å². The number of aryl methyl sites for hydroxylation is 1. The van der Waals surface area contributed by atoms with E-state index in [0.717, 1.165) is 47.8 Å². The maximum atomic E-state index is 13.4. The molecule has 264 valence electrons. The van der Waals surface area contributed by atoms with Gasteiger partial charge in [0.15, 0.2) is 0 Å². The van der Waals surface area contributed by atoms with Crippen molar-refractivity contribution in [3.05, 3.63) is 125 Å². The van der Waals surface area contributed by atoms with Crippen LogP contribution in [0.15, 0.2) is 108 Å². The molecule has 2 N–H and O–H groups in total. The molecular formula is C40H37N5O6S. The summed E-state index contributed by atoms with van der Waals surface area (Å²) in [4.78, 5) is 39.7. The second kappa shape index (κ2) is 16.3. The Kier molecular flexibility index (Phi) is 11.3. The molecule has 0 saturated carbocycles. The zero-order valence-corrected chi connectivity index (χ0v) is 29.6. The van der Waals surface area contributed by atoms with E-state index in [-0.39, 0.29) is 28.6 Å². The lowest BCUT2D eigenvalue weighted by atomic mass is 10.0. The lowest BCUT2D eigenvalue weighted by Crippen LogP contribution is -2.13. The lowest BCUT2D eigenvalue weighted by molar-refractivity contribution is 0.0600. The first-order valence-corrected chi connectivity index (χ1v) is 18.2. The van der Waals surface area contributed by atoms with Crippen molar-refractivity contribution in [2.24, 2.45) is 0 Å². The van der Waals surface area contributed by atoms with Crippen LogP contribution >= 0.6 is 0 Å². The summed E-state index contributed by atoms with van der Waals surface area (Å²) in [6.45, 7) is 2.76. The molecule has 1 atom stereocenters. The van der Waals surface area contributed by atoms with Crippen LogP contribution in [0.2, 0.25) is 0 Å². The van der Waals surface area contributed by atoms with Gasteiger partial charge in [0.1, 0.15) is 0 Å². The Hall–Kier alpha value is -6.01. The summed E-state index contributed by atoms with van der Waals surface area (Å²) in [5.74, 6) is -1.47. The highest BCUT2D eigenvalue weighted by Crippen LogP contribution is 2.29. The number of hydrogen-bond acceptors (Lipinski definition) is 8. The molecule has 11 nitrogen and oxygen atoms in total. The summed E-state index contributed by atoms with van der Waals surface area (Å²) in [6, 6.07) is 29.9.